The molecule has 134 valence electrons. The molecule has 0 aromatic heterocycles. The van der Waals surface area contributed by atoms with Gasteiger partial charge in [0.05, 0.1) is 0 Å². The smallest absolute Gasteiger partial charge is 0.225 e. The first kappa shape index (κ1) is 19.2. The van der Waals surface area contributed by atoms with E-state index in [-0.39, 0.29) is 36.1 Å². The fourth-order valence-corrected chi connectivity index (χ4v) is 4.45. The third kappa shape index (κ3) is 4.09. The summed E-state index contributed by atoms with van der Waals surface area (Å²) >= 11 is 0. The van der Waals surface area contributed by atoms with Gasteiger partial charge in [-0.2, -0.15) is 0 Å². The van der Waals surface area contributed by atoms with Crippen molar-refractivity contribution >= 4 is 18.3 Å². The number of fused-ring (bicyclic) bond motifs is 2. The van der Waals surface area contributed by atoms with E-state index >= 15 is 0 Å². The summed E-state index contributed by atoms with van der Waals surface area (Å²) in [6.45, 7) is 3.14. The summed E-state index contributed by atoms with van der Waals surface area (Å²) in [6, 6.07) is 6.82. The number of rotatable bonds is 4. The highest BCUT2D eigenvalue weighted by molar-refractivity contribution is 5.85. The van der Waals surface area contributed by atoms with E-state index in [1.807, 2.05) is 17.9 Å². The summed E-state index contributed by atoms with van der Waals surface area (Å²) < 4.78 is 13.4. The average Bonchev–Trinajstić information content (AvgIpc) is 2.52. The van der Waals surface area contributed by atoms with Gasteiger partial charge in [0.2, 0.25) is 5.91 Å². The maximum atomic E-state index is 13.4. The van der Waals surface area contributed by atoms with Crippen molar-refractivity contribution in [3.8, 4) is 0 Å². The summed E-state index contributed by atoms with van der Waals surface area (Å²) in [5.41, 5.74) is 7.18. The molecule has 1 aromatic carbocycles. The molecule has 0 spiro atoms. The van der Waals surface area contributed by atoms with Gasteiger partial charge in [-0.25, -0.2) is 4.39 Å². The Bertz CT molecular complexity index is 554. The van der Waals surface area contributed by atoms with Gasteiger partial charge in [0, 0.05) is 25.0 Å². The van der Waals surface area contributed by atoms with E-state index in [0.29, 0.717) is 24.9 Å². The van der Waals surface area contributed by atoms with Gasteiger partial charge in [0.15, 0.2) is 0 Å². The summed E-state index contributed by atoms with van der Waals surface area (Å²) in [7, 11) is 0. The Labute approximate surface area is 150 Å². The Hall–Kier alpha value is -1.13. The maximum Gasteiger partial charge on any atom is 0.225 e. The van der Waals surface area contributed by atoms with Crippen LogP contribution >= 0.6 is 12.4 Å². The number of nitrogens with zero attached hydrogens (tertiary/aromatic N) is 1. The Morgan fingerprint density at radius 3 is 2.54 bits per heavy atom. The molecule has 2 saturated carbocycles. The second-order valence-electron chi connectivity index (χ2n) is 7.18. The van der Waals surface area contributed by atoms with Crippen molar-refractivity contribution in [3.05, 3.63) is 35.6 Å². The van der Waals surface area contributed by atoms with E-state index in [9.17, 15) is 9.18 Å². The number of amides is 1. The molecule has 0 heterocycles. The van der Waals surface area contributed by atoms with Gasteiger partial charge in [-0.05, 0) is 62.1 Å². The molecular formula is C19H28ClFN2O. The second kappa shape index (κ2) is 8.30. The van der Waals surface area contributed by atoms with E-state index in [1.54, 1.807) is 6.07 Å². The minimum atomic E-state index is -0.246. The fourth-order valence-electron chi connectivity index (χ4n) is 4.45. The highest BCUT2D eigenvalue weighted by Crippen LogP contribution is 2.42. The minimum Gasteiger partial charge on any atom is -0.338 e. The molecule has 1 aromatic rings. The number of carbonyl (C=O) groups is 1. The molecule has 2 aliphatic rings. The first-order valence-electron chi connectivity index (χ1n) is 8.87. The van der Waals surface area contributed by atoms with E-state index in [0.717, 1.165) is 31.2 Å². The normalized spacial score (nSPS) is 28.8. The Kier molecular flexibility index (Phi) is 6.64. The average molecular weight is 355 g/mol. The second-order valence-corrected chi connectivity index (χ2v) is 7.18. The summed E-state index contributed by atoms with van der Waals surface area (Å²) in [5.74, 6) is 1.08. The van der Waals surface area contributed by atoms with Gasteiger partial charge in [-0.15, -0.1) is 12.4 Å². The van der Waals surface area contributed by atoms with Crippen molar-refractivity contribution in [2.24, 2.45) is 23.5 Å². The predicted octanol–water partition coefficient (Wildman–Crippen LogP) is 3.75. The quantitative estimate of drug-likeness (QED) is 0.895. The van der Waals surface area contributed by atoms with E-state index in [4.69, 9.17) is 5.73 Å². The molecule has 3 rings (SSSR count). The van der Waals surface area contributed by atoms with Crippen molar-refractivity contribution in [2.45, 2.75) is 51.6 Å². The van der Waals surface area contributed by atoms with Crippen LogP contribution < -0.4 is 5.73 Å². The number of hydrogen-bond acceptors (Lipinski definition) is 2. The third-order valence-corrected chi connectivity index (χ3v) is 5.72. The topological polar surface area (TPSA) is 46.3 Å². The third-order valence-electron chi connectivity index (χ3n) is 5.72. The molecule has 2 unspecified atom stereocenters. The van der Waals surface area contributed by atoms with Crippen LogP contribution in [-0.2, 0) is 11.3 Å². The highest BCUT2D eigenvalue weighted by atomic mass is 35.5. The molecule has 2 bridgehead atoms. The monoisotopic (exact) mass is 354 g/mol. The van der Waals surface area contributed by atoms with E-state index < -0.39 is 0 Å². The van der Waals surface area contributed by atoms with Crippen LogP contribution in [0.4, 0.5) is 4.39 Å². The molecule has 2 atom stereocenters. The lowest BCUT2D eigenvalue weighted by atomic mass is 9.65. The number of benzene rings is 1. The Morgan fingerprint density at radius 2 is 1.96 bits per heavy atom. The lowest BCUT2D eigenvalue weighted by Gasteiger charge is -2.44. The van der Waals surface area contributed by atoms with Crippen molar-refractivity contribution in [1.29, 1.82) is 0 Å². The van der Waals surface area contributed by atoms with Gasteiger partial charge >= 0.3 is 0 Å². The largest absolute Gasteiger partial charge is 0.338 e. The van der Waals surface area contributed by atoms with Gasteiger partial charge < -0.3 is 10.6 Å². The van der Waals surface area contributed by atoms with Gasteiger partial charge in [0.25, 0.3) is 0 Å². The highest BCUT2D eigenvalue weighted by Gasteiger charge is 2.41. The molecule has 0 saturated heterocycles. The molecule has 1 amide bonds. The summed E-state index contributed by atoms with van der Waals surface area (Å²) in [5, 5.41) is 0. The maximum absolute atomic E-state index is 13.4. The van der Waals surface area contributed by atoms with Crippen LogP contribution in [0.3, 0.4) is 0 Å². The molecule has 5 heteroatoms. The first-order valence-corrected chi connectivity index (χ1v) is 8.87. The molecule has 2 aliphatic carbocycles. The van der Waals surface area contributed by atoms with Gasteiger partial charge in [-0.3, -0.25) is 4.79 Å². The predicted molar refractivity (Wildman–Crippen MR) is 96.3 cm³/mol. The van der Waals surface area contributed by atoms with Gasteiger partial charge in [0.1, 0.15) is 5.82 Å². The lowest BCUT2D eigenvalue weighted by molar-refractivity contribution is -0.139. The van der Waals surface area contributed by atoms with Crippen molar-refractivity contribution in [2.75, 3.05) is 6.54 Å². The molecule has 0 radical (unpaired) electrons. The zero-order chi connectivity index (χ0) is 16.4. The summed E-state index contributed by atoms with van der Waals surface area (Å²) in [4.78, 5) is 14.8. The lowest BCUT2D eigenvalue weighted by Crippen LogP contribution is -2.49. The van der Waals surface area contributed by atoms with Crippen LogP contribution in [0.25, 0.3) is 0 Å². The van der Waals surface area contributed by atoms with Crippen molar-refractivity contribution in [3.63, 3.8) is 0 Å². The number of halogens is 2. The fraction of sp³-hybridized carbons (Fsp3) is 0.632. The molecule has 2 fully saturated rings. The van der Waals surface area contributed by atoms with Crippen LogP contribution in [0.5, 0.6) is 0 Å². The van der Waals surface area contributed by atoms with Crippen LogP contribution in [0.1, 0.15) is 44.6 Å². The van der Waals surface area contributed by atoms with Gasteiger partial charge in [-0.1, -0.05) is 18.6 Å². The number of hydrogen-bond donors (Lipinski definition) is 1. The molecule has 2 N–H and O–H groups in total. The van der Waals surface area contributed by atoms with Crippen LogP contribution in [0.15, 0.2) is 24.3 Å². The minimum absolute atomic E-state index is 0. The van der Waals surface area contributed by atoms with E-state index in [1.165, 1.54) is 18.6 Å². The number of carbonyl (C=O) groups excluding carboxylic acids is 1. The standard InChI is InChI=1S/C19H27FN2O.ClH/c1-2-22(12-13-5-3-8-17(20)9-13)19(23)16-10-14-6-4-7-15(11-16)18(14)21;/h3,5,8-9,14-16,18H,2,4,6-7,10-12,21H2,1H3;1H. The molecule has 3 nitrogen and oxygen atoms in total. The zero-order valence-electron chi connectivity index (χ0n) is 14.3. The molecule has 24 heavy (non-hydrogen) atoms. The zero-order valence-corrected chi connectivity index (χ0v) is 15.1. The van der Waals surface area contributed by atoms with Crippen LogP contribution in [0.2, 0.25) is 0 Å². The molecular weight excluding hydrogens is 327 g/mol. The summed E-state index contributed by atoms with van der Waals surface area (Å²) in [6.07, 6.45) is 5.44. The van der Waals surface area contributed by atoms with Crippen molar-refractivity contribution in [1.82, 2.24) is 4.90 Å². The van der Waals surface area contributed by atoms with E-state index in [2.05, 4.69) is 0 Å². The molecule has 0 aliphatic heterocycles. The Balaban J connectivity index is 0.00000208. The number of nitrogens with two attached hydrogens (primary N) is 1. The SMILES string of the molecule is CCN(Cc1cccc(F)c1)C(=O)C1CC2CCCC(C1)C2N.Cl. The van der Waals surface area contributed by atoms with Crippen molar-refractivity contribution < 1.29 is 9.18 Å². The first-order chi connectivity index (χ1) is 11.1. The van der Waals surface area contributed by atoms with Crippen LogP contribution in [-0.4, -0.2) is 23.4 Å². The van der Waals surface area contributed by atoms with Crippen LogP contribution in [0, 0.1) is 23.6 Å². The Morgan fingerprint density at radius 1 is 1.29 bits per heavy atom.